The number of para-hydroxylation sites is 3. The van der Waals surface area contributed by atoms with Crippen LogP contribution in [0.25, 0.3) is 5.69 Å². The van der Waals surface area contributed by atoms with E-state index in [2.05, 4.69) is 10.4 Å². The fourth-order valence-corrected chi connectivity index (χ4v) is 2.21. The number of nitrogens with zero attached hydrogens (tertiary/aromatic N) is 2. The lowest BCUT2D eigenvalue weighted by atomic mass is 10.1. The Morgan fingerprint density at radius 1 is 1.09 bits per heavy atom. The third-order valence-electron chi connectivity index (χ3n) is 3.26. The lowest BCUT2D eigenvalue weighted by molar-refractivity contribution is 0.102. The van der Waals surface area contributed by atoms with Crippen molar-refractivity contribution in [2.75, 3.05) is 12.4 Å². The minimum absolute atomic E-state index is 0.212. The highest BCUT2D eigenvalue weighted by atomic mass is 16.5. The van der Waals surface area contributed by atoms with E-state index in [1.165, 1.54) is 0 Å². The van der Waals surface area contributed by atoms with Crippen LogP contribution >= 0.6 is 0 Å². The minimum atomic E-state index is -0.212. The summed E-state index contributed by atoms with van der Waals surface area (Å²) in [5.41, 5.74) is 1.89. The van der Waals surface area contributed by atoms with Gasteiger partial charge in [-0.1, -0.05) is 24.3 Å². The monoisotopic (exact) mass is 293 g/mol. The molecule has 1 amide bonds. The van der Waals surface area contributed by atoms with Gasteiger partial charge in [0.15, 0.2) is 0 Å². The zero-order chi connectivity index (χ0) is 15.4. The van der Waals surface area contributed by atoms with E-state index in [1.807, 2.05) is 36.4 Å². The fourth-order valence-electron chi connectivity index (χ4n) is 2.21. The molecule has 1 N–H and O–H groups in total. The molecule has 0 saturated carbocycles. The normalized spacial score (nSPS) is 10.2. The van der Waals surface area contributed by atoms with Crippen LogP contribution in [0.3, 0.4) is 0 Å². The molecule has 0 fully saturated rings. The summed E-state index contributed by atoms with van der Waals surface area (Å²) in [7, 11) is 1.57. The Balaban J connectivity index is 1.93. The minimum Gasteiger partial charge on any atom is -0.495 e. The molecule has 2 aromatic carbocycles. The van der Waals surface area contributed by atoms with E-state index < -0.39 is 0 Å². The van der Waals surface area contributed by atoms with Crippen LogP contribution in [0.15, 0.2) is 67.0 Å². The first-order valence-electron chi connectivity index (χ1n) is 6.83. The summed E-state index contributed by atoms with van der Waals surface area (Å²) in [6, 6.07) is 16.4. The lowest BCUT2D eigenvalue weighted by Crippen LogP contribution is -2.15. The van der Waals surface area contributed by atoms with Crippen molar-refractivity contribution in [3.8, 4) is 11.4 Å². The Morgan fingerprint density at radius 2 is 1.86 bits per heavy atom. The van der Waals surface area contributed by atoms with Crippen molar-refractivity contribution < 1.29 is 9.53 Å². The van der Waals surface area contributed by atoms with Gasteiger partial charge in [-0.25, -0.2) is 4.68 Å². The maximum absolute atomic E-state index is 12.6. The van der Waals surface area contributed by atoms with Gasteiger partial charge in [0.25, 0.3) is 5.91 Å². The summed E-state index contributed by atoms with van der Waals surface area (Å²) in [5.74, 6) is 0.406. The highest BCUT2D eigenvalue weighted by Crippen LogP contribution is 2.24. The number of methoxy groups -OCH3 is 1. The first-order chi connectivity index (χ1) is 10.8. The number of carbonyl (C=O) groups excluding carboxylic acids is 1. The Labute approximate surface area is 128 Å². The van der Waals surface area contributed by atoms with Crippen LogP contribution < -0.4 is 10.1 Å². The largest absolute Gasteiger partial charge is 0.495 e. The fraction of sp³-hybridized carbons (Fsp3) is 0.0588. The molecule has 1 aromatic heterocycles. The molecule has 0 atom stereocenters. The van der Waals surface area contributed by atoms with Gasteiger partial charge in [0.1, 0.15) is 5.75 Å². The molecule has 0 bridgehead atoms. The molecule has 0 unspecified atom stereocenters. The summed E-state index contributed by atoms with van der Waals surface area (Å²) >= 11 is 0. The molecule has 22 heavy (non-hydrogen) atoms. The molecule has 0 spiro atoms. The Hall–Kier alpha value is -3.08. The van der Waals surface area contributed by atoms with Crippen molar-refractivity contribution >= 4 is 11.6 Å². The third kappa shape index (κ3) is 2.69. The predicted octanol–water partition coefficient (Wildman–Crippen LogP) is 3.13. The van der Waals surface area contributed by atoms with Crippen LogP contribution in [-0.2, 0) is 0 Å². The molecular weight excluding hydrogens is 278 g/mol. The van der Waals surface area contributed by atoms with E-state index in [0.29, 0.717) is 17.0 Å². The zero-order valence-corrected chi connectivity index (χ0v) is 12.1. The Bertz CT molecular complexity index is 782. The number of hydrogen-bond acceptors (Lipinski definition) is 3. The number of ether oxygens (including phenoxy) is 1. The number of anilines is 1. The van der Waals surface area contributed by atoms with Crippen molar-refractivity contribution in [1.82, 2.24) is 9.78 Å². The van der Waals surface area contributed by atoms with Gasteiger partial charge in [-0.2, -0.15) is 5.10 Å². The number of aromatic nitrogens is 2. The van der Waals surface area contributed by atoms with Crippen LogP contribution in [0.1, 0.15) is 10.4 Å². The molecule has 0 saturated heterocycles. The van der Waals surface area contributed by atoms with Gasteiger partial charge >= 0.3 is 0 Å². The topological polar surface area (TPSA) is 56.1 Å². The number of benzene rings is 2. The summed E-state index contributed by atoms with van der Waals surface area (Å²) in [5, 5.41) is 7.06. The molecule has 0 aliphatic rings. The predicted molar refractivity (Wildman–Crippen MR) is 84.5 cm³/mol. The summed E-state index contributed by atoms with van der Waals surface area (Å²) in [6.07, 6.45) is 3.48. The molecule has 0 aliphatic carbocycles. The van der Waals surface area contributed by atoms with Gasteiger partial charge < -0.3 is 10.1 Å². The maximum Gasteiger partial charge on any atom is 0.257 e. The highest BCUT2D eigenvalue weighted by Gasteiger charge is 2.14. The van der Waals surface area contributed by atoms with Crippen LogP contribution in [0, 0.1) is 0 Å². The molecule has 0 aliphatic heterocycles. The van der Waals surface area contributed by atoms with E-state index in [4.69, 9.17) is 4.74 Å². The Kier molecular flexibility index (Phi) is 3.87. The van der Waals surface area contributed by atoms with Gasteiger partial charge in [-0.15, -0.1) is 0 Å². The molecule has 3 rings (SSSR count). The van der Waals surface area contributed by atoms with Gasteiger partial charge in [0, 0.05) is 12.4 Å². The lowest BCUT2D eigenvalue weighted by Gasteiger charge is -2.12. The molecule has 5 nitrogen and oxygen atoms in total. The average molecular weight is 293 g/mol. The average Bonchev–Trinajstić information content (AvgIpc) is 3.09. The Morgan fingerprint density at radius 3 is 2.64 bits per heavy atom. The van der Waals surface area contributed by atoms with Gasteiger partial charge in [0.2, 0.25) is 0 Å². The smallest absolute Gasteiger partial charge is 0.257 e. The molecular formula is C17H15N3O2. The van der Waals surface area contributed by atoms with Crippen molar-refractivity contribution in [2.24, 2.45) is 0 Å². The summed E-state index contributed by atoms with van der Waals surface area (Å²) in [4.78, 5) is 12.6. The van der Waals surface area contributed by atoms with Crippen molar-refractivity contribution in [1.29, 1.82) is 0 Å². The van der Waals surface area contributed by atoms with Gasteiger partial charge in [0.05, 0.1) is 24.0 Å². The molecule has 1 heterocycles. The zero-order valence-electron chi connectivity index (χ0n) is 12.1. The summed E-state index contributed by atoms with van der Waals surface area (Å²) < 4.78 is 6.92. The number of hydrogen-bond donors (Lipinski definition) is 1. The molecule has 0 radical (unpaired) electrons. The van der Waals surface area contributed by atoms with E-state index >= 15 is 0 Å². The first-order valence-corrected chi connectivity index (χ1v) is 6.83. The van der Waals surface area contributed by atoms with Crippen LogP contribution in [0.5, 0.6) is 5.75 Å². The standard InChI is InChI=1S/C17H15N3O2/c1-22-16-10-5-3-8-14(16)19-17(21)13-7-2-4-9-15(13)20-12-6-11-18-20/h2-12H,1H3,(H,19,21). The highest BCUT2D eigenvalue weighted by molar-refractivity contribution is 6.07. The number of amides is 1. The number of carbonyl (C=O) groups is 1. The van der Waals surface area contributed by atoms with E-state index in [0.717, 1.165) is 5.69 Å². The van der Waals surface area contributed by atoms with Crippen LogP contribution in [0.2, 0.25) is 0 Å². The van der Waals surface area contributed by atoms with Crippen LogP contribution in [-0.4, -0.2) is 22.8 Å². The second kappa shape index (κ2) is 6.13. The first kappa shape index (κ1) is 13.9. The second-order valence-electron chi connectivity index (χ2n) is 4.62. The van der Waals surface area contributed by atoms with Gasteiger partial charge in [-0.3, -0.25) is 4.79 Å². The maximum atomic E-state index is 12.6. The molecule has 110 valence electrons. The van der Waals surface area contributed by atoms with Crippen molar-refractivity contribution in [3.63, 3.8) is 0 Å². The number of rotatable bonds is 4. The third-order valence-corrected chi connectivity index (χ3v) is 3.26. The van der Waals surface area contributed by atoms with Crippen molar-refractivity contribution in [3.05, 3.63) is 72.6 Å². The number of nitrogens with one attached hydrogen (secondary N) is 1. The molecule has 3 aromatic rings. The SMILES string of the molecule is COc1ccccc1NC(=O)c1ccccc1-n1cccn1. The second-order valence-corrected chi connectivity index (χ2v) is 4.62. The summed E-state index contributed by atoms with van der Waals surface area (Å²) in [6.45, 7) is 0. The van der Waals surface area contributed by atoms with Crippen LogP contribution in [0.4, 0.5) is 5.69 Å². The molecule has 5 heteroatoms. The van der Waals surface area contributed by atoms with Gasteiger partial charge in [-0.05, 0) is 30.3 Å². The quantitative estimate of drug-likeness (QED) is 0.804. The van der Waals surface area contributed by atoms with E-state index in [9.17, 15) is 4.79 Å². The van der Waals surface area contributed by atoms with Crippen molar-refractivity contribution in [2.45, 2.75) is 0 Å². The van der Waals surface area contributed by atoms with E-state index in [-0.39, 0.29) is 5.91 Å². The van der Waals surface area contributed by atoms with E-state index in [1.54, 1.807) is 42.4 Å².